The minimum atomic E-state index is -0.358. The zero-order valence-corrected chi connectivity index (χ0v) is 14.4. The molecule has 0 radical (unpaired) electrons. The minimum absolute atomic E-state index is 0.258. The predicted octanol–water partition coefficient (Wildman–Crippen LogP) is 4.65. The zero-order valence-electron chi connectivity index (χ0n) is 14.4. The first kappa shape index (κ1) is 15.6. The zero-order chi connectivity index (χ0) is 15.4. The SMILES string of the molecule is C=C(C)C1C(C(C)C)C2CC1C1(COC(C)(CC)OC1)C2. The summed E-state index contributed by atoms with van der Waals surface area (Å²) in [4.78, 5) is 0. The average molecular weight is 292 g/mol. The lowest BCUT2D eigenvalue weighted by Gasteiger charge is -2.51. The van der Waals surface area contributed by atoms with E-state index >= 15 is 0 Å². The number of rotatable bonds is 3. The first-order valence-electron chi connectivity index (χ1n) is 8.75. The van der Waals surface area contributed by atoms with Crippen LogP contribution in [0, 0.1) is 35.0 Å². The molecule has 2 aliphatic carbocycles. The molecule has 1 aliphatic heterocycles. The fourth-order valence-corrected chi connectivity index (χ4v) is 5.56. The maximum atomic E-state index is 6.18. The molecule has 4 unspecified atom stereocenters. The van der Waals surface area contributed by atoms with E-state index in [4.69, 9.17) is 9.47 Å². The van der Waals surface area contributed by atoms with Gasteiger partial charge in [-0.15, -0.1) is 0 Å². The van der Waals surface area contributed by atoms with Crippen LogP contribution in [-0.4, -0.2) is 19.0 Å². The summed E-state index contributed by atoms with van der Waals surface area (Å²) in [7, 11) is 0. The predicted molar refractivity (Wildman–Crippen MR) is 85.9 cm³/mol. The van der Waals surface area contributed by atoms with Crippen LogP contribution in [0.25, 0.3) is 0 Å². The Morgan fingerprint density at radius 3 is 2.38 bits per heavy atom. The van der Waals surface area contributed by atoms with Gasteiger partial charge in [0.2, 0.25) is 0 Å². The molecule has 1 heterocycles. The van der Waals surface area contributed by atoms with Gasteiger partial charge >= 0.3 is 0 Å². The molecule has 2 heteroatoms. The molecule has 3 aliphatic rings. The van der Waals surface area contributed by atoms with E-state index in [1.807, 2.05) is 0 Å². The van der Waals surface area contributed by atoms with E-state index in [1.54, 1.807) is 0 Å². The maximum Gasteiger partial charge on any atom is 0.165 e. The topological polar surface area (TPSA) is 18.5 Å². The van der Waals surface area contributed by atoms with Crippen molar-refractivity contribution in [3.63, 3.8) is 0 Å². The first-order valence-corrected chi connectivity index (χ1v) is 8.75. The second-order valence-corrected chi connectivity index (χ2v) is 8.43. The van der Waals surface area contributed by atoms with E-state index in [9.17, 15) is 0 Å². The largest absolute Gasteiger partial charge is 0.350 e. The summed E-state index contributed by atoms with van der Waals surface area (Å²) in [5.74, 6) is 3.44. The standard InChI is InChI=1S/C19H32O2/c1-7-18(6)20-10-19(11-21-18)9-14-8-15(19)17(13(4)5)16(14)12(2)3/h12,14-17H,4,7-11H2,1-3,5-6H3. The third-order valence-electron chi connectivity index (χ3n) is 6.72. The number of fused-ring (bicyclic) bond motifs is 3. The molecule has 2 nitrogen and oxygen atoms in total. The molecular formula is C19H32O2. The van der Waals surface area contributed by atoms with Crippen LogP contribution in [0.5, 0.6) is 0 Å². The van der Waals surface area contributed by atoms with Gasteiger partial charge in [0.15, 0.2) is 5.79 Å². The van der Waals surface area contributed by atoms with E-state index in [0.717, 1.165) is 37.4 Å². The monoisotopic (exact) mass is 292 g/mol. The fraction of sp³-hybridized carbons (Fsp3) is 0.895. The van der Waals surface area contributed by atoms with Crippen molar-refractivity contribution < 1.29 is 9.47 Å². The third kappa shape index (κ3) is 2.30. The smallest absolute Gasteiger partial charge is 0.165 e. The van der Waals surface area contributed by atoms with Crippen LogP contribution in [0.4, 0.5) is 0 Å². The quantitative estimate of drug-likeness (QED) is 0.705. The molecule has 21 heavy (non-hydrogen) atoms. The van der Waals surface area contributed by atoms with E-state index < -0.39 is 0 Å². The summed E-state index contributed by atoms with van der Waals surface area (Å²) in [6.07, 6.45) is 3.58. The molecule has 1 spiro atoms. The van der Waals surface area contributed by atoms with Crippen LogP contribution in [-0.2, 0) is 9.47 Å². The Bertz CT molecular complexity index is 417. The highest BCUT2D eigenvalue weighted by Gasteiger charge is 2.62. The molecule has 0 aromatic carbocycles. The highest BCUT2D eigenvalue weighted by molar-refractivity contribution is 5.17. The number of hydrogen-bond acceptors (Lipinski definition) is 2. The molecule has 0 N–H and O–H groups in total. The van der Waals surface area contributed by atoms with Crippen LogP contribution in [0.2, 0.25) is 0 Å². The van der Waals surface area contributed by atoms with Gasteiger partial charge in [-0.1, -0.05) is 32.9 Å². The van der Waals surface area contributed by atoms with Gasteiger partial charge in [0.05, 0.1) is 13.2 Å². The fourth-order valence-electron chi connectivity index (χ4n) is 5.56. The van der Waals surface area contributed by atoms with Gasteiger partial charge in [-0.05, 0) is 62.7 Å². The van der Waals surface area contributed by atoms with Crippen LogP contribution in [0.1, 0.15) is 53.9 Å². The van der Waals surface area contributed by atoms with Gasteiger partial charge in [-0.3, -0.25) is 0 Å². The van der Waals surface area contributed by atoms with Crippen LogP contribution >= 0.6 is 0 Å². The van der Waals surface area contributed by atoms with Gasteiger partial charge in [0.25, 0.3) is 0 Å². The molecule has 3 fully saturated rings. The van der Waals surface area contributed by atoms with Crippen molar-refractivity contribution in [2.45, 2.75) is 59.7 Å². The van der Waals surface area contributed by atoms with Gasteiger partial charge in [-0.25, -0.2) is 0 Å². The highest BCUT2D eigenvalue weighted by Crippen LogP contribution is 2.65. The Kier molecular flexibility index (Phi) is 3.77. The first-order chi connectivity index (χ1) is 9.82. The van der Waals surface area contributed by atoms with E-state index in [-0.39, 0.29) is 11.2 Å². The van der Waals surface area contributed by atoms with Gasteiger partial charge in [-0.2, -0.15) is 0 Å². The molecule has 2 saturated carbocycles. The lowest BCUT2D eigenvalue weighted by atomic mass is 9.61. The van der Waals surface area contributed by atoms with Crippen LogP contribution in [0.3, 0.4) is 0 Å². The number of hydrogen-bond donors (Lipinski definition) is 0. The molecule has 0 aromatic rings. The molecule has 2 bridgehead atoms. The second kappa shape index (κ2) is 5.09. The van der Waals surface area contributed by atoms with Crippen molar-refractivity contribution in [3.8, 4) is 0 Å². The normalized spacial score (nSPS) is 49.2. The van der Waals surface area contributed by atoms with Gasteiger partial charge in [0.1, 0.15) is 0 Å². The highest BCUT2D eigenvalue weighted by atomic mass is 16.7. The van der Waals surface area contributed by atoms with Crippen molar-refractivity contribution in [1.29, 1.82) is 0 Å². The van der Waals surface area contributed by atoms with Crippen molar-refractivity contribution in [2.24, 2.45) is 35.0 Å². The minimum Gasteiger partial charge on any atom is -0.350 e. The van der Waals surface area contributed by atoms with Crippen molar-refractivity contribution in [2.75, 3.05) is 13.2 Å². The Hall–Kier alpha value is -0.340. The second-order valence-electron chi connectivity index (χ2n) is 8.43. The summed E-state index contributed by atoms with van der Waals surface area (Å²) in [6, 6.07) is 0. The Morgan fingerprint density at radius 1 is 1.29 bits per heavy atom. The summed E-state index contributed by atoms with van der Waals surface area (Å²) >= 11 is 0. The molecule has 0 aromatic heterocycles. The third-order valence-corrected chi connectivity index (χ3v) is 6.72. The molecular weight excluding hydrogens is 260 g/mol. The van der Waals surface area contributed by atoms with Crippen LogP contribution in [0.15, 0.2) is 12.2 Å². The molecule has 0 amide bonds. The number of allylic oxidation sites excluding steroid dienone is 1. The van der Waals surface area contributed by atoms with Crippen molar-refractivity contribution in [3.05, 3.63) is 12.2 Å². The molecule has 120 valence electrons. The van der Waals surface area contributed by atoms with Crippen molar-refractivity contribution >= 4 is 0 Å². The Labute approximate surface area is 130 Å². The summed E-state index contributed by atoms with van der Waals surface area (Å²) in [5, 5.41) is 0. The number of ether oxygens (including phenoxy) is 2. The Balaban J connectivity index is 1.82. The van der Waals surface area contributed by atoms with E-state index in [1.165, 1.54) is 18.4 Å². The van der Waals surface area contributed by atoms with Crippen LogP contribution < -0.4 is 0 Å². The van der Waals surface area contributed by atoms with E-state index in [0.29, 0.717) is 11.8 Å². The lowest BCUT2D eigenvalue weighted by Crippen LogP contribution is -2.53. The Morgan fingerprint density at radius 2 is 1.90 bits per heavy atom. The average Bonchev–Trinajstić information content (AvgIpc) is 2.98. The van der Waals surface area contributed by atoms with Gasteiger partial charge in [0, 0.05) is 5.41 Å². The lowest BCUT2D eigenvalue weighted by molar-refractivity contribution is -0.306. The molecule has 4 atom stereocenters. The summed E-state index contributed by atoms with van der Waals surface area (Å²) in [5.41, 5.74) is 1.64. The van der Waals surface area contributed by atoms with E-state index in [2.05, 4.69) is 41.2 Å². The molecule has 3 rings (SSSR count). The van der Waals surface area contributed by atoms with Gasteiger partial charge < -0.3 is 9.47 Å². The summed E-state index contributed by atoms with van der Waals surface area (Å²) in [6.45, 7) is 17.3. The maximum absolute atomic E-state index is 6.18. The van der Waals surface area contributed by atoms with Crippen molar-refractivity contribution in [1.82, 2.24) is 0 Å². The summed E-state index contributed by atoms with van der Waals surface area (Å²) < 4.78 is 12.4. The molecule has 1 saturated heterocycles.